The molecule has 4 heterocycles. The van der Waals surface area contributed by atoms with Crippen LogP contribution in [0.4, 0.5) is 0 Å². The fourth-order valence-corrected chi connectivity index (χ4v) is 5.82. The Hall–Kier alpha value is -0.870. The standard InChI is InChI=1S/C22H22Cl3NO5S/c1-22(2)30-18-16(8-28-10-27-3)29-21(19(18)31-22)26-15-7-14(24)13(23)6-12(15)17(20(26)25)11-4-5-32-9-11/h4-7,9,16,18-19,21H,8,10H2,1-3H3/t16-,18-,19-,21-/m1/s1. The van der Waals surface area contributed by atoms with Crippen LogP contribution in [0.1, 0.15) is 20.1 Å². The van der Waals surface area contributed by atoms with Crippen molar-refractivity contribution in [3.8, 4) is 11.1 Å². The molecule has 0 amide bonds. The maximum atomic E-state index is 7.02. The Bertz CT molecular complexity index is 1130. The second kappa shape index (κ2) is 8.73. The SMILES string of the molecule is COCOC[C@H]1O[C@@H](n2c(Cl)c(-c3ccsc3)c3cc(Cl)c(Cl)cc32)[C@@H]2OC(C)(C)O[C@@H]21. The van der Waals surface area contributed by atoms with Crippen LogP contribution in [0.15, 0.2) is 29.0 Å². The van der Waals surface area contributed by atoms with E-state index in [1.54, 1.807) is 18.4 Å². The van der Waals surface area contributed by atoms with Crippen LogP contribution in [0.25, 0.3) is 22.0 Å². The number of halogens is 3. The summed E-state index contributed by atoms with van der Waals surface area (Å²) in [7, 11) is 1.58. The summed E-state index contributed by atoms with van der Waals surface area (Å²) in [6.45, 7) is 4.23. The third-order valence-corrected chi connectivity index (χ3v) is 7.43. The largest absolute Gasteiger partial charge is 0.359 e. The van der Waals surface area contributed by atoms with E-state index in [9.17, 15) is 0 Å². The molecule has 2 aliphatic heterocycles. The van der Waals surface area contributed by atoms with E-state index in [1.165, 1.54) is 0 Å². The van der Waals surface area contributed by atoms with Crippen molar-refractivity contribution in [2.45, 2.75) is 44.2 Å². The van der Waals surface area contributed by atoms with Crippen LogP contribution in [-0.2, 0) is 23.7 Å². The molecule has 32 heavy (non-hydrogen) atoms. The van der Waals surface area contributed by atoms with Gasteiger partial charge in [-0.3, -0.25) is 0 Å². The predicted molar refractivity (Wildman–Crippen MR) is 126 cm³/mol. The highest BCUT2D eigenvalue weighted by Crippen LogP contribution is 2.49. The number of thiophene rings is 1. The summed E-state index contributed by atoms with van der Waals surface area (Å²) in [6.07, 6.45) is -1.62. The van der Waals surface area contributed by atoms with Gasteiger partial charge in [0.25, 0.3) is 0 Å². The molecule has 3 aromatic rings. The first-order chi connectivity index (χ1) is 15.3. The van der Waals surface area contributed by atoms with Crippen LogP contribution in [-0.4, -0.2) is 49.2 Å². The number of aromatic nitrogens is 1. The molecule has 0 unspecified atom stereocenters. The Morgan fingerprint density at radius 3 is 2.59 bits per heavy atom. The molecule has 0 N–H and O–H groups in total. The molecule has 6 nitrogen and oxygen atoms in total. The highest BCUT2D eigenvalue weighted by molar-refractivity contribution is 7.08. The second-order valence-corrected chi connectivity index (χ2v) is 10.2. The van der Waals surface area contributed by atoms with Gasteiger partial charge in [-0.15, -0.1) is 0 Å². The van der Waals surface area contributed by atoms with Crippen molar-refractivity contribution in [2.24, 2.45) is 0 Å². The van der Waals surface area contributed by atoms with Gasteiger partial charge >= 0.3 is 0 Å². The highest BCUT2D eigenvalue weighted by Gasteiger charge is 2.56. The van der Waals surface area contributed by atoms with Gasteiger partial charge in [0, 0.05) is 18.1 Å². The Balaban J connectivity index is 1.64. The van der Waals surface area contributed by atoms with Gasteiger partial charge in [-0.2, -0.15) is 11.3 Å². The monoisotopic (exact) mass is 517 g/mol. The third-order valence-electron chi connectivity index (χ3n) is 5.66. The van der Waals surface area contributed by atoms with Gasteiger partial charge in [-0.1, -0.05) is 34.8 Å². The lowest BCUT2D eigenvalue weighted by atomic mass is 10.1. The number of rotatable bonds is 6. The molecule has 2 aliphatic rings. The zero-order valence-electron chi connectivity index (χ0n) is 17.6. The second-order valence-electron chi connectivity index (χ2n) is 8.24. The molecule has 0 bridgehead atoms. The number of methoxy groups -OCH3 is 1. The summed E-state index contributed by atoms with van der Waals surface area (Å²) >= 11 is 21.4. The number of nitrogens with zero attached hydrogens (tertiary/aromatic N) is 1. The molecule has 0 spiro atoms. The van der Waals surface area contributed by atoms with Crippen molar-refractivity contribution < 1.29 is 23.7 Å². The van der Waals surface area contributed by atoms with Gasteiger partial charge in [0.1, 0.15) is 30.3 Å². The summed E-state index contributed by atoms with van der Waals surface area (Å²) < 4.78 is 31.4. The van der Waals surface area contributed by atoms with E-state index in [1.807, 2.05) is 47.4 Å². The summed E-state index contributed by atoms with van der Waals surface area (Å²) in [5, 5.41) is 6.36. The van der Waals surface area contributed by atoms with E-state index >= 15 is 0 Å². The first-order valence-electron chi connectivity index (χ1n) is 10.1. The number of fused-ring (bicyclic) bond motifs is 2. The Morgan fingerprint density at radius 1 is 1.12 bits per heavy atom. The van der Waals surface area contributed by atoms with Gasteiger partial charge in [0.15, 0.2) is 12.0 Å². The van der Waals surface area contributed by atoms with Crippen molar-refractivity contribution in [2.75, 3.05) is 20.5 Å². The fourth-order valence-electron chi connectivity index (χ4n) is 4.45. The molecule has 2 fully saturated rings. The van der Waals surface area contributed by atoms with Crippen molar-refractivity contribution in [1.29, 1.82) is 0 Å². The van der Waals surface area contributed by atoms with E-state index in [4.69, 9.17) is 58.5 Å². The fraction of sp³-hybridized carbons (Fsp3) is 0.455. The first kappa shape index (κ1) is 22.9. The summed E-state index contributed by atoms with van der Waals surface area (Å²) in [6, 6.07) is 5.68. The van der Waals surface area contributed by atoms with Gasteiger partial charge in [-0.25, -0.2) is 0 Å². The Kier molecular flexibility index (Phi) is 6.24. The average molecular weight is 519 g/mol. The van der Waals surface area contributed by atoms with Crippen molar-refractivity contribution >= 4 is 57.0 Å². The molecule has 4 atom stereocenters. The number of hydrogen-bond donors (Lipinski definition) is 0. The topological polar surface area (TPSA) is 51.1 Å². The number of hydrogen-bond acceptors (Lipinski definition) is 6. The van der Waals surface area contributed by atoms with Crippen LogP contribution in [0.2, 0.25) is 15.2 Å². The lowest BCUT2D eigenvalue weighted by Crippen LogP contribution is -2.33. The third kappa shape index (κ3) is 3.87. The zero-order chi connectivity index (χ0) is 22.6. The first-order valence-corrected chi connectivity index (χ1v) is 12.2. The van der Waals surface area contributed by atoms with E-state index < -0.39 is 12.0 Å². The molecule has 2 saturated heterocycles. The molecule has 10 heteroatoms. The molecule has 5 rings (SSSR count). The minimum Gasteiger partial charge on any atom is -0.359 e. The smallest absolute Gasteiger partial charge is 0.164 e. The molecular formula is C22H22Cl3NO5S. The lowest BCUT2D eigenvalue weighted by molar-refractivity contribution is -0.204. The van der Waals surface area contributed by atoms with E-state index in [0.29, 0.717) is 21.8 Å². The average Bonchev–Trinajstić information content (AvgIpc) is 3.47. The van der Waals surface area contributed by atoms with Crippen LogP contribution < -0.4 is 0 Å². The van der Waals surface area contributed by atoms with Gasteiger partial charge in [-0.05, 0) is 48.4 Å². The molecule has 0 aliphatic carbocycles. The number of ether oxygens (including phenoxy) is 5. The van der Waals surface area contributed by atoms with Crippen molar-refractivity contribution in [3.05, 3.63) is 44.2 Å². The predicted octanol–water partition coefficient (Wildman–Crippen LogP) is 6.37. The Morgan fingerprint density at radius 2 is 1.88 bits per heavy atom. The van der Waals surface area contributed by atoms with Crippen molar-refractivity contribution in [3.63, 3.8) is 0 Å². The molecule has 0 radical (unpaired) electrons. The molecule has 172 valence electrons. The van der Waals surface area contributed by atoms with Crippen LogP contribution in [0.3, 0.4) is 0 Å². The summed E-state index contributed by atoms with van der Waals surface area (Å²) in [5.74, 6) is -0.760. The summed E-state index contributed by atoms with van der Waals surface area (Å²) in [5.41, 5.74) is 2.68. The maximum absolute atomic E-state index is 7.02. The quantitative estimate of drug-likeness (QED) is 0.280. The molecular weight excluding hydrogens is 497 g/mol. The minimum absolute atomic E-state index is 0.162. The highest BCUT2D eigenvalue weighted by atomic mass is 35.5. The van der Waals surface area contributed by atoms with Crippen LogP contribution >= 0.6 is 46.1 Å². The molecule has 2 aromatic heterocycles. The van der Waals surface area contributed by atoms with Gasteiger partial charge < -0.3 is 28.3 Å². The maximum Gasteiger partial charge on any atom is 0.164 e. The van der Waals surface area contributed by atoms with Crippen LogP contribution in [0.5, 0.6) is 0 Å². The van der Waals surface area contributed by atoms with E-state index in [-0.39, 0.29) is 25.1 Å². The lowest BCUT2D eigenvalue weighted by Gasteiger charge is -2.25. The van der Waals surface area contributed by atoms with Gasteiger partial charge in [0.05, 0.1) is 22.2 Å². The molecule has 0 saturated carbocycles. The summed E-state index contributed by atoms with van der Waals surface area (Å²) in [4.78, 5) is 0. The Labute approximate surface area is 204 Å². The minimum atomic E-state index is -0.760. The van der Waals surface area contributed by atoms with Crippen molar-refractivity contribution in [1.82, 2.24) is 4.57 Å². The molecule has 1 aromatic carbocycles. The van der Waals surface area contributed by atoms with E-state index in [0.717, 1.165) is 22.0 Å². The number of benzene rings is 1. The van der Waals surface area contributed by atoms with Gasteiger partial charge in [0.2, 0.25) is 0 Å². The normalized spacial score (nSPS) is 26.8. The zero-order valence-corrected chi connectivity index (χ0v) is 20.7. The van der Waals surface area contributed by atoms with E-state index in [2.05, 4.69) is 0 Å². The van der Waals surface area contributed by atoms with Crippen LogP contribution in [0, 0.1) is 0 Å².